The van der Waals surface area contributed by atoms with Crippen LogP contribution in [0.25, 0.3) is 10.9 Å². The zero-order valence-electron chi connectivity index (χ0n) is 12.2. The lowest BCUT2D eigenvalue weighted by molar-refractivity contribution is 0.0945. The van der Waals surface area contributed by atoms with Crippen molar-refractivity contribution < 1.29 is 4.79 Å². The maximum absolute atomic E-state index is 12.3. The standard InChI is InChI=1S/C15H21N3OS/c1-4-15(5-2,20-3)10-16-14(19)13-11-8-6-7-9-12(11)17-18-13/h6-9H,4-5,10H2,1-3H3,(H,16,19)(H,17,18). The van der Waals surface area contributed by atoms with E-state index in [4.69, 9.17) is 0 Å². The fourth-order valence-corrected chi connectivity index (χ4v) is 3.12. The van der Waals surface area contributed by atoms with Gasteiger partial charge in [0.05, 0.1) is 5.52 Å². The Morgan fingerprint density at radius 1 is 1.35 bits per heavy atom. The summed E-state index contributed by atoms with van der Waals surface area (Å²) in [5.74, 6) is -0.109. The molecule has 0 aliphatic heterocycles. The second-order valence-electron chi connectivity index (χ2n) is 4.89. The summed E-state index contributed by atoms with van der Waals surface area (Å²) < 4.78 is 0.113. The highest BCUT2D eigenvalue weighted by Gasteiger charge is 2.26. The van der Waals surface area contributed by atoms with Crippen LogP contribution in [0.1, 0.15) is 37.2 Å². The summed E-state index contributed by atoms with van der Waals surface area (Å²) in [7, 11) is 0. The number of thioether (sulfide) groups is 1. The molecule has 1 aromatic heterocycles. The van der Waals surface area contributed by atoms with Crippen molar-refractivity contribution in [2.24, 2.45) is 0 Å². The lowest BCUT2D eigenvalue weighted by Gasteiger charge is -2.29. The van der Waals surface area contributed by atoms with Gasteiger partial charge >= 0.3 is 0 Å². The van der Waals surface area contributed by atoms with E-state index in [1.807, 2.05) is 36.0 Å². The van der Waals surface area contributed by atoms with Crippen molar-refractivity contribution in [2.45, 2.75) is 31.4 Å². The number of nitrogens with zero attached hydrogens (tertiary/aromatic N) is 1. The van der Waals surface area contributed by atoms with Crippen LogP contribution >= 0.6 is 11.8 Å². The highest BCUT2D eigenvalue weighted by Crippen LogP contribution is 2.29. The Balaban J connectivity index is 2.13. The summed E-state index contributed by atoms with van der Waals surface area (Å²) in [4.78, 5) is 12.3. The zero-order chi connectivity index (χ0) is 14.6. The van der Waals surface area contributed by atoms with Crippen LogP contribution in [0.4, 0.5) is 0 Å². The van der Waals surface area contributed by atoms with Crippen LogP contribution in [0, 0.1) is 0 Å². The van der Waals surface area contributed by atoms with Gasteiger partial charge in [-0.2, -0.15) is 16.9 Å². The number of benzene rings is 1. The van der Waals surface area contributed by atoms with Crippen LogP contribution in [0.5, 0.6) is 0 Å². The molecular weight excluding hydrogens is 270 g/mol. The van der Waals surface area contributed by atoms with Crippen molar-refractivity contribution in [1.82, 2.24) is 15.5 Å². The van der Waals surface area contributed by atoms with Gasteiger partial charge in [-0.3, -0.25) is 9.89 Å². The van der Waals surface area contributed by atoms with Crippen molar-refractivity contribution >= 4 is 28.6 Å². The molecule has 20 heavy (non-hydrogen) atoms. The number of aromatic nitrogens is 2. The number of carbonyl (C=O) groups is 1. The van der Waals surface area contributed by atoms with Crippen LogP contribution in [0.3, 0.4) is 0 Å². The third kappa shape index (κ3) is 2.82. The highest BCUT2D eigenvalue weighted by molar-refractivity contribution is 8.00. The Hall–Kier alpha value is -1.49. The molecule has 0 unspecified atom stereocenters. The summed E-state index contributed by atoms with van der Waals surface area (Å²) in [5.41, 5.74) is 1.36. The van der Waals surface area contributed by atoms with Gasteiger partial charge in [-0.1, -0.05) is 32.0 Å². The molecule has 1 amide bonds. The molecule has 0 aliphatic carbocycles. The molecule has 0 saturated carbocycles. The summed E-state index contributed by atoms with van der Waals surface area (Å²) in [6.45, 7) is 4.99. The largest absolute Gasteiger partial charge is 0.349 e. The van der Waals surface area contributed by atoms with Gasteiger partial charge in [-0.25, -0.2) is 0 Å². The third-order valence-electron chi connectivity index (χ3n) is 3.98. The smallest absolute Gasteiger partial charge is 0.272 e. The molecule has 1 aromatic carbocycles. The Morgan fingerprint density at radius 3 is 2.70 bits per heavy atom. The fourth-order valence-electron chi connectivity index (χ4n) is 2.32. The maximum Gasteiger partial charge on any atom is 0.272 e. The molecule has 5 heteroatoms. The summed E-state index contributed by atoms with van der Waals surface area (Å²) in [5, 5.41) is 10.9. The van der Waals surface area contributed by atoms with Gasteiger partial charge in [0.25, 0.3) is 5.91 Å². The van der Waals surface area contributed by atoms with Crippen molar-refractivity contribution in [3.63, 3.8) is 0 Å². The average molecular weight is 291 g/mol. The number of carbonyl (C=O) groups excluding carboxylic acids is 1. The molecule has 2 aromatic rings. The highest BCUT2D eigenvalue weighted by atomic mass is 32.2. The van der Waals surface area contributed by atoms with E-state index in [2.05, 4.69) is 35.6 Å². The van der Waals surface area contributed by atoms with E-state index in [0.29, 0.717) is 12.2 Å². The van der Waals surface area contributed by atoms with E-state index >= 15 is 0 Å². The monoisotopic (exact) mass is 291 g/mol. The molecule has 2 rings (SSSR count). The van der Waals surface area contributed by atoms with Gasteiger partial charge < -0.3 is 5.32 Å². The first kappa shape index (κ1) is 14.9. The molecule has 0 fully saturated rings. The molecule has 108 valence electrons. The molecule has 0 saturated heterocycles. The first-order valence-electron chi connectivity index (χ1n) is 6.92. The van der Waals surface area contributed by atoms with E-state index in [1.54, 1.807) is 0 Å². The molecule has 0 spiro atoms. The second-order valence-corrected chi connectivity index (χ2v) is 6.17. The number of amides is 1. The van der Waals surface area contributed by atoms with E-state index in [0.717, 1.165) is 23.7 Å². The van der Waals surface area contributed by atoms with Gasteiger partial charge in [-0.05, 0) is 25.2 Å². The quantitative estimate of drug-likeness (QED) is 0.859. The van der Waals surface area contributed by atoms with E-state index in [-0.39, 0.29) is 10.7 Å². The summed E-state index contributed by atoms with van der Waals surface area (Å²) in [6.07, 6.45) is 4.17. The Kier molecular flexibility index (Phi) is 4.70. The van der Waals surface area contributed by atoms with Crippen LogP contribution < -0.4 is 5.32 Å². The topological polar surface area (TPSA) is 57.8 Å². The van der Waals surface area contributed by atoms with Crippen molar-refractivity contribution in [3.05, 3.63) is 30.0 Å². The molecule has 0 aliphatic rings. The van der Waals surface area contributed by atoms with E-state index in [1.165, 1.54) is 0 Å². The number of nitrogens with one attached hydrogen (secondary N) is 2. The number of aromatic amines is 1. The molecule has 0 atom stereocenters. The van der Waals surface area contributed by atoms with Crippen LogP contribution in [0.2, 0.25) is 0 Å². The Bertz CT molecular complexity index is 581. The average Bonchev–Trinajstić information content (AvgIpc) is 2.93. The third-order valence-corrected chi connectivity index (χ3v) is 5.57. The molecule has 0 bridgehead atoms. The zero-order valence-corrected chi connectivity index (χ0v) is 13.0. The minimum atomic E-state index is -0.109. The lowest BCUT2D eigenvalue weighted by Crippen LogP contribution is -2.39. The van der Waals surface area contributed by atoms with Crippen molar-refractivity contribution in [3.8, 4) is 0 Å². The second kappa shape index (κ2) is 6.31. The van der Waals surface area contributed by atoms with Gasteiger partial charge in [0, 0.05) is 16.7 Å². The predicted molar refractivity (Wildman–Crippen MR) is 85.3 cm³/mol. The molecule has 4 nitrogen and oxygen atoms in total. The normalized spacial score (nSPS) is 11.8. The number of H-pyrrole nitrogens is 1. The number of rotatable bonds is 6. The lowest BCUT2D eigenvalue weighted by atomic mass is 10.0. The van der Waals surface area contributed by atoms with Gasteiger partial charge in [0.1, 0.15) is 0 Å². The molecule has 2 N–H and O–H groups in total. The van der Waals surface area contributed by atoms with Crippen LogP contribution in [-0.2, 0) is 0 Å². The van der Waals surface area contributed by atoms with Crippen LogP contribution in [0.15, 0.2) is 24.3 Å². The predicted octanol–water partition coefficient (Wildman–Crippen LogP) is 3.21. The summed E-state index contributed by atoms with van der Waals surface area (Å²) >= 11 is 1.82. The first-order valence-corrected chi connectivity index (χ1v) is 8.14. The van der Waals surface area contributed by atoms with Crippen LogP contribution in [-0.4, -0.2) is 33.7 Å². The Labute approximate surface area is 123 Å². The number of hydrogen-bond acceptors (Lipinski definition) is 3. The number of fused-ring (bicyclic) bond motifs is 1. The van der Waals surface area contributed by atoms with Crippen molar-refractivity contribution in [1.29, 1.82) is 0 Å². The van der Waals surface area contributed by atoms with Gasteiger partial charge in [-0.15, -0.1) is 0 Å². The summed E-state index contributed by atoms with van der Waals surface area (Å²) in [6, 6.07) is 7.67. The first-order chi connectivity index (χ1) is 9.65. The molecule has 1 heterocycles. The molecular formula is C15H21N3OS. The van der Waals surface area contributed by atoms with Gasteiger partial charge in [0.15, 0.2) is 5.69 Å². The minimum Gasteiger partial charge on any atom is -0.349 e. The minimum absolute atomic E-state index is 0.109. The SMILES string of the molecule is CCC(CC)(CNC(=O)c1n[nH]c2ccccc12)SC. The molecule has 0 radical (unpaired) electrons. The maximum atomic E-state index is 12.3. The van der Waals surface area contributed by atoms with E-state index in [9.17, 15) is 4.79 Å². The fraction of sp³-hybridized carbons (Fsp3) is 0.467. The number of para-hydroxylation sites is 1. The van der Waals surface area contributed by atoms with E-state index < -0.39 is 0 Å². The van der Waals surface area contributed by atoms with Crippen molar-refractivity contribution in [2.75, 3.05) is 12.8 Å². The number of hydrogen-bond donors (Lipinski definition) is 2. The van der Waals surface area contributed by atoms with Gasteiger partial charge in [0.2, 0.25) is 0 Å². The Morgan fingerprint density at radius 2 is 2.05 bits per heavy atom.